The molecule has 2 atom stereocenters. The molecule has 1 heterocycles. The van der Waals surface area contributed by atoms with Gasteiger partial charge in [-0.05, 0) is 129 Å². The average Bonchev–Trinajstić information content (AvgIpc) is 3.13. The second-order valence-corrected chi connectivity index (χ2v) is 13.2. The monoisotopic (exact) mass is 620 g/mol. The van der Waals surface area contributed by atoms with Crippen LogP contribution in [0.3, 0.4) is 0 Å². The summed E-state index contributed by atoms with van der Waals surface area (Å²) in [6.45, 7) is 9.06. The van der Waals surface area contributed by atoms with Gasteiger partial charge < -0.3 is 5.73 Å². The first kappa shape index (κ1) is 29.9. The van der Waals surface area contributed by atoms with E-state index in [2.05, 4.69) is 140 Å². The summed E-state index contributed by atoms with van der Waals surface area (Å²) in [5, 5.41) is 5.01. The molecule has 0 fully saturated rings. The Hall–Kier alpha value is -5.47. The van der Waals surface area contributed by atoms with E-state index in [0.29, 0.717) is 0 Å². The van der Waals surface area contributed by atoms with Crippen LogP contribution in [0, 0.1) is 12.8 Å². The topological polar surface area (TPSA) is 38.4 Å². The van der Waals surface area contributed by atoms with E-state index in [1.165, 1.54) is 71.6 Å². The van der Waals surface area contributed by atoms with Gasteiger partial charge in [0.25, 0.3) is 0 Å². The van der Waals surface area contributed by atoms with E-state index < -0.39 is 0 Å². The van der Waals surface area contributed by atoms with Gasteiger partial charge in [-0.3, -0.25) is 4.99 Å². The van der Waals surface area contributed by atoms with E-state index >= 15 is 0 Å². The summed E-state index contributed by atoms with van der Waals surface area (Å²) in [4.78, 5) is 4.67. The Kier molecular flexibility index (Phi) is 7.65. The number of benzene rings is 4. The molecule has 4 aromatic rings. The maximum Gasteiger partial charge on any atom is 0.0995 e. The Morgan fingerprint density at radius 1 is 0.917 bits per heavy atom. The summed E-state index contributed by atoms with van der Waals surface area (Å²) in [6.07, 6.45) is 31.3. The first-order chi connectivity index (χ1) is 23.5. The van der Waals surface area contributed by atoms with Crippen LogP contribution in [0.1, 0.15) is 54.0 Å². The molecule has 234 valence electrons. The van der Waals surface area contributed by atoms with Gasteiger partial charge in [0.05, 0.1) is 6.04 Å². The van der Waals surface area contributed by atoms with Crippen LogP contribution in [-0.4, -0.2) is 12.3 Å². The minimum absolute atomic E-state index is 0.0467. The van der Waals surface area contributed by atoms with Crippen LogP contribution in [0.2, 0.25) is 0 Å². The number of dihydropyridines is 1. The first-order valence-corrected chi connectivity index (χ1v) is 17.1. The number of aliphatic imine (C=N–C) groups is 1. The predicted octanol–water partition coefficient (Wildman–Crippen LogP) is 11.5. The molecule has 2 unspecified atom stereocenters. The molecular formula is C46H40N2. The maximum absolute atomic E-state index is 6.69. The summed E-state index contributed by atoms with van der Waals surface area (Å²) in [5.74, 6) is 0.214. The van der Waals surface area contributed by atoms with Crippen LogP contribution in [-0.2, 0) is 0 Å². The highest BCUT2D eigenvalue weighted by Gasteiger charge is 2.27. The van der Waals surface area contributed by atoms with Crippen LogP contribution in [0.5, 0.6) is 0 Å². The Morgan fingerprint density at radius 3 is 2.54 bits per heavy atom. The van der Waals surface area contributed by atoms with E-state index in [9.17, 15) is 0 Å². The summed E-state index contributed by atoms with van der Waals surface area (Å²) in [7, 11) is 0. The van der Waals surface area contributed by atoms with Crippen LogP contribution in [0.15, 0.2) is 144 Å². The molecule has 4 aromatic carbocycles. The van der Waals surface area contributed by atoms with Gasteiger partial charge >= 0.3 is 0 Å². The number of hydrogen-bond acceptors (Lipinski definition) is 2. The molecule has 8 rings (SSSR count). The molecule has 1 aliphatic heterocycles. The van der Waals surface area contributed by atoms with Gasteiger partial charge in [-0.1, -0.05) is 121 Å². The van der Waals surface area contributed by atoms with E-state index in [0.717, 1.165) is 36.1 Å². The molecule has 3 aliphatic carbocycles. The Labute approximate surface area is 283 Å². The van der Waals surface area contributed by atoms with Crippen molar-refractivity contribution in [2.45, 2.75) is 39.2 Å². The van der Waals surface area contributed by atoms with Crippen molar-refractivity contribution in [3.05, 3.63) is 167 Å². The fourth-order valence-electron chi connectivity index (χ4n) is 7.85. The van der Waals surface area contributed by atoms with Crippen LogP contribution in [0.4, 0.5) is 0 Å². The minimum Gasteiger partial charge on any atom is -0.400 e. The third-order valence-electron chi connectivity index (χ3n) is 10.3. The minimum atomic E-state index is -0.0467. The van der Waals surface area contributed by atoms with E-state index in [1.54, 1.807) is 0 Å². The van der Waals surface area contributed by atoms with Gasteiger partial charge in [0.15, 0.2) is 0 Å². The third kappa shape index (κ3) is 5.09. The van der Waals surface area contributed by atoms with Crippen molar-refractivity contribution >= 4 is 50.6 Å². The van der Waals surface area contributed by atoms with Crippen molar-refractivity contribution in [3.63, 3.8) is 0 Å². The Balaban J connectivity index is 1.38. The molecule has 48 heavy (non-hydrogen) atoms. The molecule has 0 spiro atoms. The highest BCUT2D eigenvalue weighted by molar-refractivity contribution is 6.14. The van der Waals surface area contributed by atoms with Gasteiger partial charge in [0.2, 0.25) is 0 Å². The second-order valence-electron chi connectivity index (χ2n) is 13.2. The zero-order valence-electron chi connectivity index (χ0n) is 27.7. The highest BCUT2D eigenvalue weighted by atomic mass is 14.9. The zero-order chi connectivity index (χ0) is 32.8. The highest BCUT2D eigenvalue weighted by Crippen LogP contribution is 2.49. The molecule has 0 radical (unpaired) electrons. The zero-order valence-corrected chi connectivity index (χ0v) is 27.7. The summed E-state index contributed by atoms with van der Waals surface area (Å²) in [5.41, 5.74) is 21.1. The van der Waals surface area contributed by atoms with Gasteiger partial charge in [-0.25, -0.2) is 0 Å². The standard InChI is InChI=1S/C46H40N2/c1-4-31-16-10-18-38-42(30(3)20-21-33-22-23-34-17-11-25-48-46(34)45(33)47)40-26-29(2)19-24-37(40)44(43(31)38)41-28-36-15-9-8-14-35(36)27-39(41)32-12-6-5-7-13-32/h4-6,8-12,14-15,17-28,34,46H,3,7,13,16,47H2,1-2H3/b21-20-,31-4+. The van der Waals surface area contributed by atoms with Crippen LogP contribution >= 0.6 is 0 Å². The summed E-state index contributed by atoms with van der Waals surface area (Å²) >= 11 is 0. The van der Waals surface area contributed by atoms with Crippen LogP contribution in [0.25, 0.3) is 55.5 Å². The van der Waals surface area contributed by atoms with Crippen molar-refractivity contribution in [1.82, 2.24) is 0 Å². The molecular weight excluding hydrogens is 581 g/mol. The van der Waals surface area contributed by atoms with E-state index in [4.69, 9.17) is 12.3 Å². The lowest BCUT2D eigenvalue weighted by Crippen LogP contribution is -2.28. The van der Waals surface area contributed by atoms with Crippen molar-refractivity contribution in [2.24, 2.45) is 16.6 Å². The molecule has 0 aromatic heterocycles. The molecule has 0 saturated heterocycles. The fraction of sp³-hybridized carbons (Fsp3) is 0.152. The summed E-state index contributed by atoms with van der Waals surface area (Å²) < 4.78 is 0. The molecule has 0 saturated carbocycles. The van der Waals surface area contributed by atoms with Gasteiger partial charge in [-0.15, -0.1) is 0 Å². The molecule has 2 N–H and O–H groups in total. The van der Waals surface area contributed by atoms with E-state index in [-0.39, 0.29) is 12.0 Å². The van der Waals surface area contributed by atoms with E-state index in [1.807, 2.05) is 12.3 Å². The van der Waals surface area contributed by atoms with Gasteiger partial charge in [0, 0.05) is 17.8 Å². The molecule has 2 heteroatoms. The molecule has 0 amide bonds. The summed E-state index contributed by atoms with van der Waals surface area (Å²) in [6, 6.07) is 20.5. The number of nitrogens with zero attached hydrogens (tertiary/aromatic N) is 1. The largest absolute Gasteiger partial charge is 0.400 e. The lowest BCUT2D eigenvalue weighted by Gasteiger charge is -2.28. The Morgan fingerprint density at radius 2 is 1.75 bits per heavy atom. The predicted molar refractivity (Wildman–Crippen MR) is 209 cm³/mol. The number of rotatable bonds is 5. The number of fused-ring (bicyclic) bond motifs is 4. The fourth-order valence-corrected chi connectivity index (χ4v) is 7.85. The average molecular weight is 621 g/mol. The maximum atomic E-state index is 6.69. The number of allylic oxidation sites excluding steroid dienone is 13. The van der Waals surface area contributed by atoms with Crippen molar-refractivity contribution in [2.75, 3.05) is 0 Å². The van der Waals surface area contributed by atoms with Crippen LogP contribution < -0.4 is 5.73 Å². The third-order valence-corrected chi connectivity index (χ3v) is 10.3. The first-order valence-electron chi connectivity index (χ1n) is 17.1. The van der Waals surface area contributed by atoms with Crippen molar-refractivity contribution < 1.29 is 0 Å². The second kappa shape index (κ2) is 12.3. The molecule has 0 bridgehead atoms. The smallest absolute Gasteiger partial charge is 0.0995 e. The SMILES string of the molecule is C=C(/C=C\C1=C(N)C2N=CC=CC2C=C1)c1c2c(c(-c3cc4ccccc4cc3C3=CC=CCC3)c3ccc(C)cc13)/C(=C/C)CC=C2. The number of hydrogen-bond donors (Lipinski definition) is 1. The Bertz CT molecular complexity index is 2310. The van der Waals surface area contributed by atoms with Gasteiger partial charge in [0.1, 0.15) is 0 Å². The number of nitrogens with two attached hydrogens (primary N) is 1. The lowest BCUT2D eigenvalue weighted by molar-refractivity contribution is 0.638. The van der Waals surface area contributed by atoms with Gasteiger partial charge in [-0.2, -0.15) is 0 Å². The van der Waals surface area contributed by atoms with Crippen molar-refractivity contribution in [3.8, 4) is 11.1 Å². The number of aryl methyl sites for hydroxylation is 1. The normalized spacial score (nSPS) is 20.6. The quantitative estimate of drug-likeness (QED) is 0.222. The van der Waals surface area contributed by atoms with Crippen molar-refractivity contribution in [1.29, 1.82) is 0 Å². The lowest BCUT2D eigenvalue weighted by atomic mass is 9.76. The molecule has 2 nitrogen and oxygen atoms in total. The molecule has 4 aliphatic rings.